The number of alkyl halides is 1. The molecule has 14 heavy (non-hydrogen) atoms. The first-order chi connectivity index (χ1) is 6.52. The van der Waals surface area contributed by atoms with Crippen LogP contribution in [0.5, 0.6) is 0 Å². The summed E-state index contributed by atoms with van der Waals surface area (Å²) in [4.78, 5) is 17.7. The number of nitrogens with one attached hydrogen (secondary N) is 1. The summed E-state index contributed by atoms with van der Waals surface area (Å²) in [6.45, 7) is 0. The summed E-state index contributed by atoms with van der Waals surface area (Å²) in [6.07, 6.45) is 0. The maximum absolute atomic E-state index is 11.5. The number of aliphatic imine (C=N–C) groups is 1. The monoisotopic (exact) mass is 215 g/mol. The number of carbonyl (C=O) groups excluding carboxylic acids is 1. The van der Waals surface area contributed by atoms with Gasteiger partial charge in [-0.15, -0.1) is 0 Å². The Balaban J connectivity index is 2.52. The molecule has 2 heterocycles. The van der Waals surface area contributed by atoms with E-state index in [1.54, 1.807) is 7.05 Å². The Morgan fingerprint density at radius 3 is 2.79 bits per heavy atom. The van der Waals surface area contributed by atoms with Gasteiger partial charge in [-0.05, 0) is 5.88 Å². The number of amidine groups is 1. The van der Waals surface area contributed by atoms with Crippen LogP contribution in [0.1, 0.15) is 0 Å². The van der Waals surface area contributed by atoms with Crippen molar-refractivity contribution in [1.82, 2.24) is 15.1 Å². The number of rotatable bonds is 0. The van der Waals surface area contributed by atoms with Crippen LogP contribution in [0.3, 0.4) is 0 Å². The normalized spacial score (nSPS) is 26.4. The first kappa shape index (κ1) is 9.14. The predicted octanol–water partition coefficient (Wildman–Crippen LogP) is -0.963. The van der Waals surface area contributed by atoms with Gasteiger partial charge in [-0.3, -0.25) is 4.90 Å². The second-order valence-electron chi connectivity index (χ2n) is 3.01. The van der Waals surface area contributed by atoms with Crippen molar-refractivity contribution in [3.8, 4) is 0 Å². The Labute approximate surface area is 85.5 Å². The van der Waals surface area contributed by atoms with Gasteiger partial charge in [0.2, 0.25) is 0 Å². The lowest BCUT2D eigenvalue weighted by Gasteiger charge is -2.36. The number of urea groups is 1. The van der Waals surface area contributed by atoms with Crippen LogP contribution in [0.4, 0.5) is 4.79 Å². The molecule has 0 radical (unpaired) electrons. The van der Waals surface area contributed by atoms with Gasteiger partial charge in [0, 0.05) is 14.1 Å². The average molecular weight is 216 g/mol. The molecule has 0 spiro atoms. The lowest BCUT2D eigenvalue weighted by Crippen LogP contribution is -2.51. The highest BCUT2D eigenvalue weighted by atomic mass is 35.5. The van der Waals surface area contributed by atoms with Gasteiger partial charge >= 0.3 is 6.03 Å². The third-order valence-electron chi connectivity index (χ3n) is 2.13. The van der Waals surface area contributed by atoms with Crippen molar-refractivity contribution in [2.24, 2.45) is 4.99 Å². The summed E-state index contributed by atoms with van der Waals surface area (Å²) < 4.78 is 0. The Hall–Kier alpha value is -1.43. The summed E-state index contributed by atoms with van der Waals surface area (Å²) >= 11 is 5.68. The average Bonchev–Trinajstić information content (AvgIpc) is 2.54. The molecule has 0 fully saturated rings. The SMILES string of the molecule is CN1C(=O)N(C)C([O-])=C2NC(Cl)N=C21. The molecule has 1 unspecified atom stereocenters. The maximum atomic E-state index is 11.5. The molecule has 2 rings (SSSR count). The molecule has 0 saturated carbocycles. The van der Waals surface area contributed by atoms with Crippen molar-refractivity contribution in [2.75, 3.05) is 14.1 Å². The van der Waals surface area contributed by atoms with Gasteiger partial charge in [-0.2, -0.15) is 0 Å². The first-order valence-electron chi connectivity index (χ1n) is 3.94. The van der Waals surface area contributed by atoms with Gasteiger partial charge in [-0.25, -0.2) is 9.79 Å². The van der Waals surface area contributed by atoms with Crippen molar-refractivity contribution in [2.45, 2.75) is 5.62 Å². The zero-order valence-corrected chi connectivity index (χ0v) is 8.37. The molecule has 2 aliphatic rings. The third-order valence-corrected chi connectivity index (χ3v) is 2.34. The predicted molar refractivity (Wildman–Crippen MR) is 48.2 cm³/mol. The zero-order valence-electron chi connectivity index (χ0n) is 7.61. The van der Waals surface area contributed by atoms with Gasteiger partial charge in [0.25, 0.3) is 0 Å². The highest BCUT2D eigenvalue weighted by Gasteiger charge is 2.33. The van der Waals surface area contributed by atoms with Gasteiger partial charge in [0.1, 0.15) is 0 Å². The highest BCUT2D eigenvalue weighted by molar-refractivity contribution is 6.23. The molecule has 7 heteroatoms. The smallest absolute Gasteiger partial charge is 0.328 e. The van der Waals surface area contributed by atoms with Crippen molar-refractivity contribution < 1.29 is 9.90 Å². The molecule has 2 amide bonds. The van der Waals surface area contributed by atoms with E-state index in [2.05, 4.69) is 10.3 Å². The fraction of sp³-hybridized carbons (Fsp3) is 0.429. The van der Waals surface area contributed by atoms with Crippen molar-refractivity contribution in [3.63, 3.8) is 0 Å². The van der Waals surface area contributed by atoms with Crippen LogP contribution in [0.2, 0.25) is 0 Å². The summed E-state index contributed by atoms with van der Waals surface area (Å²) in [7, 11) is 2.95. The Bertz CT molecular complexity index is 365. The van der Waals surface area contributed by atoms with Crippen LogP contribution in [-0.4, -0.2) is 41.4 Å². The molecular formula is C7H8ClN4O2-. The number of nitrogens with zero attached hydrogens (tertiary/aromatic N) is 3. The van der Waals surface area contributed by atoms with Crippen LogP contribution in [0.15, 0.2) is 16.6 Å². The summed E-state index contributed by atoms with van der Waals surface area (Å²) in [5.41, 5.74) is -0.403. The molecule has 0 aromatic heterocycles. The van der Waals surface area contributed by atoms with Gasteiger partial charge < -0.3 is 15.3 Å². The molecule has 1 N–H and O–H groups in total. The van der Waals surface area contributed by atoms with E-state index >= 15 is 0 Å². The van der Waals surface area contributed by atoms with E-state index in [0.717, 1.165) is 4.90 Å². The molecule has 6 nitrogen and oxygen atoms in total. The zero-order chi connectivity index (χ0) is 10.5. The Morgan fingerprint density at radius 2 is 2.14 bits per heavy atom. The van der Waals surface area contributed by atoms with E-state index < -0.39 is 17.5 Å². The van der Waals surface area contributed by atoms with Crippen molar-refractivity contribution in [3.05, 3.63) is 11.6 Å². The number of fused-ring (bicyclic) bond motifs is 1. The number of carbonyl (C=O) groups is 1. The minimum absolute atomic E-state index is 0.273. The minimum Gasteiger partial charge on any atom is -0.858 e. The van der Waals surface area contributed by atoms with E-state index in [9.17, 15) is 9.90 Å². The van der Waals surface area contributed by atoms with E-state index in [1.807, 2.05) is 0 Å². The minimum atomic E-state index is -0.675. The molecule has 0 aliphatic carbocycles. The molecule has 76 valence electrons. The van der Waals surface area contributed by atoms with Crippen LogP contribution >= 0.6 is 11.6 Å². The summed E-state index contributed by atoms with van der Waals surface area (Å²) in [5, 5.41) is 14.2. The fourth-order valence-corrected chi connectivity index (χ4v) is 1.57. The van der Waals surface area contributed by atoms with E-state index in [0.29, 0.717) is 5.84 Å². The van der Waals surface area contributed by atoms with Crippen LogP contribution in [0, 0.1) is 0 Å². The number of hydrogen-bond donors (Lipinski definition) is 1. The number of halogens is 1. The van der Waals surface area contributed by atoms with E-state index in [4.69, 9.17) is 11.6 Å². The maximum Gasteiger partial charge on any atom is 0.328 e. The van der Waals surface area contributed by atoms with E-state index in [-0.39, 0.29) is 5.70 Å². The Kier molecular flexibility index (Phi) is 1.81. The topological polar surface area (TPSA) is 71.0 Å². The quantitative estimate of drug-likeness (QED) is 0.418. The van der Waals surface area contributed by atoms with Crippen LogP contribution in [-0.2, 0) is 0 Å². The highest BCUT2D eigenvalue weighted by Crippen LogP contribution is 2.21. The van der Waals surface area contributed by atoms with E-state index in [1.165, 1.54) is 11.9 Å². The molecule has 0 aromatic rings. The second kappa shape index (κ2) is 2.78. The Morgan fingerprint density at radius 1 is 1.50 bits per heavy atom. The fourth-order valence-electron chi connectivity index (χ4n) is 1.37. The summed E-state index contributed by atoms with van der Waals surface area (Å²) in [6, 6.07) is -0.412. The first-order valence-corrected chi connectivity index (χ1v) is 4.37. The van der Waals surface area contributed by atoms with Crippen LogP contribution < -0.4 is 10.4 Å². The van der Waals surface area contributed by atoms with Gasteiger partial charge in [0.05, 0.1) is 5.70 Å². The van der Waals surface area contributed by atoms with Crippen molar-refractivity contribution >= 4 is 23.5 Å². The summed E-state index contributed by atoms with van der Waals surface area (Å²) in [5.74, 6) is -0.104. The second-order valence-corrected chi connectivity index (χ2v) is 3.43. The molecular weight excluding hydrogens is 208 g/mol. The van der Waals surface area contributed by atoms with Crippen LogP contribution in [0.25, 0.3) is 0 Å². The van der Waals surface area contributed by atoms with Gasteiger partial charge in [-0.1, -0.05) is 11.6 Å². The number of hydrogen-bond acceptors (Lipinski definition) is 4. The van der Waals surface area contributed by atoms with Gasteiger partial charge in [0.15, 0.2) is 11.5 Å². The molecule has 0 saturated heterocycles. The molecule has 2 aliphatic heterocycles. The number of likely N-dealkylation sites (N-methyl/N-ethyl adjacent to an activating group) is 1. The lowest BCUT2D eigenvalue weighted by molar-refractivity contribution is -0.328. The molecule has 0 bridgehead atoms. The van der Waals surface area contributed by atoms with Crippen molar-refractivity contribution in [1.29, 1.82) is 0 Å². The number of amides is 2. The lowest BCUT2D eigenvalue weighted by atomic mass is 10.3. The largest absolute Gasteiger partial charge is 0.858 e. The standard InChI is InChI=1S/C7H9ClN4O2/c1-11-4-3(9-6(8)10-4)5(13)12(2)7(11)14/h6,9,13H,1-2H3/p-1. The molecule has 1 atom stereocenters. The molecule has 0 aromatic carbocycles. The third kappa shape index (κ3) is 1.04.